The van der Waals surface area contributed by atoms with Crippen molar-refractivity contribution >= 4 is 11.5 Å². The molecule has 4 rings (SSSR count). The maximum absolute atomic E-state index is 4.71. The van der Waals surface area contributed by atoms with Gasteiger partial charge in [-0.3, -0.25) is 4.90 Å². The van der Waals surface area contributed by atoms with Crippen molar-refractivity contribution in [2.24, 2.45) is 0 Å². The van der Waals surface area contributed by atoms with Gasteiger partial charge in [0, 0.05) is 69.0 Å². The lowest BCUT2D eigenvalue weighted by Gasteiger charge is -2.36. The highest BCUT2D eigenvalue weighted by atomic mass is 15.4. The molecule has 0 saturated carbocycles. The molecule has 0 aromatic carbocycles. The molecule has 1 fully saturated rings. The first-order valence-corrected chi connectivity index (χ1v) is 8.88. The van der Waals surface area contributed by atoms with E-state index in [1.807, 2.05) is 23.2 Å². The van der Waals surface area contributed by atoms with E-state index < -0.39 is 0 Å². The van der Waals surface area contributed by atoms with E-state index in [0.717, 1.165) is 62.1 Å². The molecular formula is C18H25N7. The first-order valence-electron chi connectivity index (χ1n) is 8.88. The molecular weight excluding hydrogens is 314 g/mol. The molecule has 0 radical (unpaired) electrons. The summed E-state index contributed by atoms with van der Waals surface area (Å²) in [4.78, 5) is 13.7. The second kappa shape index (κ2) is 6.48. The first-order chi connectivity index (χ1) is 12.1. The lowest BCUT2D eigenvalue weighted by molar-refractivity contribution is 0.247. The summed E-state index contributed by atoms with van der Waals surface area (Å²) >= 11 is 0. The minimum Gasteiger partial charge on any atom is -0.354 e. The van der Waals surface area contributed by atoms with Crippen molar-refractivity contribution in [1.82, 2.24) is 29.0 Å². The average molecular weight is 339 g/mol. The topological polar surface area (TPSA) is 54.5 Å². The number of aryl methyl sites for hydroxylation is 3. The third-order valence-corrected chi connectivity index (χ3v) is 5.10. The summed E-state index contributed by atoms with van der Waals surface area (Å²) in [6, 6.07) is 2.15. The fraction of sp³-hybridized carbons (Fsp3) is 0.500. The molecule has 1 saturated heterocycles. The van der Waals surface area contributed by atoms with E-state index in [-0.39, 0.29) is 0 Å². The Morgan fingerprint density at radius 1 is 1.04 bits per heavy atom. The Morgan fingerprint density at radius 2 is 1.84 bits per heavy atom. The predicted octanol–water partition coefficient (Wildman–Crippen LogP) is 1.67. The standard InChI is InChI=1S/C18H25N7/c1-14-12-17(25-18(20-14)15(2)16(3)21-25)24-10-8-22(9-11-24)6-7-23-5-4-19-13-23/h4-5,12-13H,6-11H2,1-3H3. The normalized spacial score (nSPS) is 16.0. The van der Waals surface area contributed by atoms with Gasteiger partial charge >= 0.3 is 0 Å². The van der Waals surface area contributed by atoms with Gasteiger partial charge in [-0.25, -0.2) is 9.97 Å². The molecule has 0 amide bonds. The van der Waals surface area contributed by atoms with E-state index in [2.05, 4.69) is 51.2 Å². The van der Waals surface area contributed by atoms with Crippen LogP contribution in [-0.4, -0.2) is 61.8 Å². The molecule has 0 bridgehead atoms. The van der Waals surface area contributed by atoms with Crippen molar-refractivity contribution in [3.63, 3.8) is 0 Å². The zero-order valence-corrected chi connectivity index (χ0v) is 15.2. The maximum Gasteiger partial charge on any atom is 0.160 e. The number of aromatic nitrogens is 5. The Balaban J connectivity index is 1.47. The zero-order chi connectivity index (χ0) is 17.4. The smallest absolute Gasteiger partial charge is 0.160 e. The summed E-state index contributed by atoms with van der Waals surface area (Å²) in [6.07, 6.45) is 5.74. The Morgan fingerprint density at radius 3 is 2.56 bits per heavy atom. The van der Waals surface area contributed by atoms with Crippen LogP contribution in [0.3, 0.4) is 0 Å². The highest BCUT2D eigenvalue weighted by Gasteiger charge is 2.21. The Hall–Kier alpha value is -2.41. The monoisotopic (exact) mass is 339 g/mol. The highest BCUT2D eigenvalue weighted by molar-refractivity contribution is 5.57. The van der Waals surface area contributed by atoms with Crippen molar-refractivity contribution < 1.29 is 0 Å². The molecule has 0 aliphatic carbocycles. The molecule has 0 atom stereocenters. The summed E-state index contributed by atoms with van der Waals surface area (Å²) < 4.78 is 4.15. The van der Waals surface area contributed by atoms with Gasteiger partial charge in [0.2, 0.25) is 0 Å². The third kappa shape index (κ3) is 3.11. The van der Waals surface area contributed by atoms with Gasteiger partial charge in [0.1, 0.15) is 5.82 Å². The minimum absolute atomic E-state index is 0.982. The molecule has 3 aromatic rings. The van der Waals surface area contributed by atoms with E-state index in [0.29, 0.717) is 0 Å². The molecule has 25 heavy (non-hydrogen) atoms. The summed E-state index contributed by atoms with van der Waals surface area (Å²) in [6.45, 7) is 12.4. The van der Waals surface area contributed by atoms with E-state index in [1.165, 1.54) is 5.56 Å². The molecule has 1 aliphatic heterocycles. The van der Waals surface area contributed by atoms with Crippen LogP contribution in [0.15, 0.2) is 24.8 Å². The minimum atomic E-state index is 0.982. The fourth-order valence-electron chi connectivity index (χ4n) is 3.43. The van der Waals surface area contributed by atoms with Crippen LogP contribution in [-0.2, 0) is 6.54 Å². The Kier molecular flexibility index (Phi) is 4.17. The number of hydrogen-bond acceptors (Lipinski definition) is 5. The number of nitrogens with zero attached hydrogens (tertiary/aromatic N) is 7. The van der Waals surface area contributed by atoms with Gasteiger partial charge in [0.25, 0.3) is 0 Å². The van der Waals surface area contributed by atoms with E-state index in [4.69, 9.17) is 5.10 Å². The van der Waals surface area contributed by atoms with Gasteiger partial charge < -0.3 is 9.47 Å². The summed E-state index contributed by atoms with van der Waals surface area (Å²) in [7, 11) is 0. The number of fused-ring (bicyclic) bond motifs is 1. The number of rotatable bonds is 4. The quantitative estimate of drug-likeness (QED) is 0.724. The van der Waals surface area contributed by atoms with Gasteiger partial charge in [-0.1, -0.05) is 0 Å². The van der Waals surface area contributed by atoms with Crippen molar-refractivity contribution in [3.8, 4) is 0 Å². The lowest BCUT2D eigenvalue weighted by atomic mass is 10.2. The van der Waals surface area contributed by atoms with Crippen molar-refractivity contribution in [3.05, 3.63) is 41.7 Å². The molecule has 4 heterocycles. The van der Waals surface area contributed by atoms with E-state index in [1.54, 1.807) is 0 Å². The van der Waals surface area contributed by atoms with Crippen LogP contribution in [0.25, 0.3) is 5.65 Å². The number of anilines is 1. The van der Waals surface area contributed by atoms with Crippen molar-refractivity contribution in [2.45, 2.75) is 27.3 Å². The molecule has 0 unspecified atom stereocenters. The third-order valence-electron chi connectivity index (χ3n) is 5.10. The van der Waals surface area contributed by atoms with Gasteiger partial charge in [-0.05, 0) is 20.8 Å². The van der Waals surface area contributed by atoms with Gasteiger partial charge in [-0.15, -0.1) is 0 Å². The van der Waals surface area contributed by atoms with Crippen LogP contribution in [0.2, 0.25) is 0 Å². The Bertz CT molecular complexity index is 857. The second-order valence-corrected chi connectivity index (χ2v) is 6.83. The number of imidazole rings is 1. The van der Waals surface area contributed by atoms with Gasteiger partial charge in [0.15, 0.2) is 5.65 Å². The van der Waals surface area contributed by atoms with E-state index in [9.17, 15) is 0 Å². The van der Waals surface area contributed by atoms with Crippen LogP contribution in [0.1, 0.15) is 17.0 Å². The number of hydrogen-bond donors (Lipinski definition) is 0. The molecule has 7 heteroatoms. The second-order valence-electron chi connectivity index (χ2n) is 6.83. The molecule has 1 aliphatic rings. The van der Waals surface area contributed by atoms with Crippen LogP contribution < -0.4 is 4.90 Å². The van der Waals surface area contributed by atoms with Crippen LogP contribution in [0, 0.1) is 20.8 Å². The van der Waals surface area contributed by atoms with Gasteiger partial charge in [-0.2, -0.15) is 9.61 Å². The summed E-state index contributed by atoms with van der Waals surface area (Å²) in [5.41, 5.74) is 4.25. The number of piperazine rings is 1. The summed E-state index contributed by atoms with van der Waals surface area (Å²) in [5.74, 6) is 1.16. The predicted molar refractivity (Wildman–Crippen MR) is 98.1 cm³/mol. The lowest BCUT2D eigenvalue weighted by Crippen LogP contribution is -2.47. The fourth-order valence-corrected chi connectivity index (χ4v) is 3.43. The zero-order valence-electron chi connectivity index (χ0n) is 15.2. The maximum atomic E-state index is 4.71. The average Bonchev–Trinajstić information content (AvgIpc) is 3.23. The van der Waals surface area contributed by atoms with E-state index >= 15 is 0 Å². The molecule has 7 nitrogen and oxygen atoms in total. The summed E-state index contributed by atoms with van der Waals surface area (Å²) in [5, 5.41) is 4.71. The highest BCUT2D eigenvalue weighted by Crippen LogP contribution is 2.22. The van der Waals surface area contributed by atoms with Crippen molar-refractivity contribution in [1.29, 1.82) is 0 Å². The molecule has 132 valence electrons. The van der Waals surface area contributed by atoms with Crippen LogP contribution in [0.5, 0.6) is 0 Å². The molecule has 3 aromatic heterocycles. The van der Waals surface area contributed by atoms with Gasteiger partial charge in [0.05, 0.1) is 12.0 Å². The largest absolute Gasteiger partial charge is 0.354 e. The van der Waals surface area contributed by atoms with Crippen LogP contribution in [0.4, 0.5) is 5.82 Å². The molecule has 0 spiro atoms. The molecule has 0 N–H and O–H groups in total. The SMILES string of the molecule is Cc1cc(N2CCN(CCn3ccnc3)CC2)n2nc(C)c(C)c2n1. The first kappa shape index (κ1) is 16.1. The Labute approximate surface area is 147 Å². The van der Waals surface area contributed by atoms with Crippen LogP contribution >= 0.6 is 0 Å². The van der Waals surface area contributed by atoms with Crippen molar-refractivity contribution in [2.75, 3.05) is 37.6 Å².